The monoisotopic (exact) mass is 443 g/mol. The summed E-state index contributed by atoms with van der Waals surface area (Å²) in [7, 11) is 1.58. The highest BCUT2D eigenvalue weighted by atomic mass is 79.9. The zero-order chi connectivity index (χ0) is 20.3. The van der Waals surface area contributed by atoms with Crippen LogP contribution in [0.15, 0.2) is 57.8 Å². The molecule has 0 atom stereocenters. The molecule has 0 amide bonds. The number of Topliss-reactive ketones (excluding diaryl/α,β-unsaturated/α-hetero) is 1. The summed E-state index contributed by atoms with van der Waals surface area (Å²) in [4.78, 5) is 25.5. The lowest BCUT2D eigenvalue weighted by atomic mass is 10.1. The van der Waals surface area contributed by atoms with Crippen molar-refractivity contribution in [2.24, 2.45) is 5.92 Å². The van der Waals surface area contributed by atoms with Crippen LogP contribution in [0.5, 0.6) is 5.75 Å². The largest absolute Gasteiger partial charge is 0.497 e. The Morgan fingerprint density at radius 1 is 1.18 bits per heavy atom. The van der Waals surface area contributed by atoms with Crippen molar-refractivity contribution in [1.82, 2.24) is 14.3 Å². The first-order valence-electron chi connectivity index (χ1n) is 9.01. The molecule has 0 spiro atoms. The SMILES string of the molecule is COc1cccc(-c2nn(-c3ccc(Br)cc3)c(=O)n2CC(=O)CC(C)C)c1. The second-order valence-corrected chi connectivity index (χ2v) is 7.86. The minimum absolute atomic E-state index is 0.00315. The zero-order valence-corrected chi connectivity index (χ0v) is 17.6. The molecule has 2 aromatic carbocycles. The fraction of sp³-hybridized carbons (Fsp3) is 0.286. The number of carbonyl (C=O) groups is 1. The van der Waals surface area contributed by atoms with Gasteiger partial charge in [-0.1, -0.05) is 41.9 Å². The van der Waals surface area contributed by atoms with Crippen LogP contribution < -0.4 is 10.4 Å². The first kappa shape index (κ1) is 20.1. The predicted molar refractivity (Wildman–Crippen MR) is 112 cm³/mol. The van der Waals surface area contributed by atoms with E-state index in [1.807, 2.05) is 44.2 Å². The average molecular weight is 444 g/mol. The maximum atomic E-state index is 13.1. The molecule has 0 unspecified atom stereocenters. The molecule has 0 aliphatic rings. The molecule has 6 nitrogen and oxygen atoms in total. The van der Waals surface area contributed by atoms with Crippen LogP contribution in [0, 0.1) is 5.92 Å². The lowest BCUT2D eigenvalue weighted by Crippen LogP contribution is -2.27. The third-order valence-electron chi connectivity index (χ3n) is 4.23. The standard InChI is InChI=1S/C21H22BrN3O3/c1-14(2)11-18(26)13-24-20(15-5-4-6-19(12-15)28-3)23-25(21(24)27)17-9-7-16(22)8-10-17/h4-10,12,14H,11,13H2,1-3H3. The smallest absolute Gasteiger partial charge is 0.351 e. The second-order valence-electron chi connectivity index (χ2n) is 6.95. The van der Waals surface area contributed by atoms with Crippen molar-refractivity contribution in [3.8, 4) is 22.8 Å². The molecule has 1 aromatic heterocycles. The summed E-state index contributed by atoms with van der Waals surface area (Å²) in [5.74, 6) is 1.31. The molecule has 1 heterocycles. The van der Waals surface area contributed by atoms with Gasteiger partial charge in [-0.15, -0.1) is 5.10 Å². The minimum Gasteiger partial charge on any atom is -0.497 e. The predicted octanol–water partition coefficient (Wildman–Crippen LogP) is 4.09. The van der Waals surface area contributed by atoms with E-state index in [4.69, 9.17) is 4.74 Å². The Hall–Kier alpha value is -2.67. The van der Waals surface area contributed by atoms with E-state index in [0.717, 1.165) is 4.47 Å². The minimum atomic E-state index is -0.350. The number of carbonyl (C=O) groups excluding carboxylic acids is 1. The van der Waals surface area contributed by atoms with Crippen LogP contribution in [0.1, 0.15) is 20.3 Å². The maximum Gasteiger partial charge on any atom is 0.351 e. The van der Waals surface area contributed by atoms with Gasteiger partial charge in [-0.2, -0.15) is 4.68 Å². The van der Waals surface area contributed by atoms with Gasteiger partial charge in [0.1, 0.15) is 5.75 Å². The van der Waals surface area contributed by atoms with Gasteiger partial charge in [0.2, 0.25) is 0 Å². The van der Waals surface area contributed by atoms with Gasteiger partial charge in [-0.3, -0.25) is 9.36 Å². The van der Waals surface area contributed by atoms with Crippen molar-refractivity contribution in [3.05, 3.63) is 63.5 Å². The normalized spacial score (nSPS) is 11.0. The molecule has 3 aromatic rings. The molecule has 28 heavy (non-hydrogen) atoms. The van der Waals surface area contributed by atoms with Gasteiger partial charge in [0, 0.05) is 16.5 Å². The van der Waals surface area contributed by atoms with Crippen LogP contribution in [0.3, 0.4) is 0 Å². The molecule has 0 bridgehead atoms. The van der Waals surface area contributed by atoms with E-state index < -0.39 is 0 Å². The van der Waals surface area contributed by atoms with Gasteiger partial charge >= 0.3 is 5.69 Å². The van der Waals surface area contributed by atoms with Crippen LogP contribution in [0.2, 0.25) is 0 Å². The van der Waals surface area contributed by atoms with Gasteiger partial charge in [-0.05, 0) is 42.3 Å². The highest BCUT2D eigenvalue weighted by Gasteiger charge is 2.19. The molecule has 3 rings (SSSR count). The van der Waals surface area contributed by atoms with Crippen molar-refractivity contribution in [2.75, 3.05) is 7.11 Å². The molecule has 0 aliphatic carbocycles. The van der Waals surface area contributed by atoms with E-state index in [0.29, 0.717) is 29.2 Å². The van der Waals surface area contributed by atoms with E-state index in [1.165, 1.54) is 9.25 Å². The molecule has 0 saturated heterocycles. The fourth-order valence-electron chi connectivity index (χ4n) is 2.96. The third-order valence-corrected chi connectivity index (χ3v) is 4.76. The second kappa shape index (κ2) is 8.56. The quantitative estimate of drug-likeness (QED) is 0.551. The van der Waals surface area contributed by atoms with Crippen molar-refractivity contribution >= 4 is 21.7 Å². The maximum absolute atomic E-state index is 13.1. The average Bonchev–Trinajstić information content (AvgIpc) is 2.98. The van der Waals surface area contributed by atoms with Gasteiger partial charge < -0.3 is 4.74 Å². The van der Waals surface area contributed by atoms with E-state index in [-0.39, 0.29) is 23.9 Å². The van der Waals surface area contributed by atoms with E-state index >= 15 is 0 Å². The Morgan fingerprint density at radius 3 is 2.54 bits per heavy atom. The topological polar surface area (TPSA) is 66.1 Å². The van der Waals surface area contributed by atoms with Crippen LogP contribution in [-0.2, 0) is 11.3 Å². The van der Waals surface area contributed by atoms with E-state index in [1.54, 1.807) is 25.3 Å². The Bertz CT molecular complexity index is 1040. The van der Waals surface area contributed by atoms with Crippen molar-refractivity contribution in [1.29, 1.82) is 0 Å². The molecular weight excluding hydrogens is 422 g/mol. The Kier molecular flexibility index (Phi) is 6.14. The number of rotatable bonds is 7. The number of ether oxygens (including phenoxy) is 1. The number of halogens is 1. The molecule has 146 valence electrons. The van der Waals surface area contributed by atoms with Gasteiger partial charge in [0.05, 0.1) is 19.3 Å². The summed E-state index contributed by atoms with van der Waals surface area (Å²) >= 11 is 3.39. The summed E-state index contributed by atoms with van der Waals surface area (Å²) in [6, 6.07) is 14.6. The fourth-order valence-corrected chi connectivity index (χ4v) is 3.23. The zero-order valence-electron chi connectivity index (χ0n) is 16.1. The lowest BCUT2D eigenvalue weighted by Gasteiger charge is -2.08. The number of ketones is 1. The summed E-state index contributed by atoms with van der Waals surface area (Å²) < 4.78 is 8.95. The highest BCUT2D eigenvalue weighted by Crippen LogP contribution is 2.23. The first-order chi connectivity index (χ1) is 13.4. The molecule has 0 radical (unpaired) electrons. The van der Waals surface area contributed by atoms with E-state index in [9.17, 15) is 9.59 Å². The van der Waals surface area contributed by atoms with Crippen LogP contribution in [0.25, 0.3) is 17.1 Å². The van der Waals surface area contributed by atoms with Crippen LogP contribution in [0.4, 0.5) is 0 Å². The number of hydrogen-bond donors (Lipinski definition) is 0. The number of methoxy groups -OCH3 is 1. The molecule has 0 saturated carbocycles. The molecular formula is C21H22BrN3O3. The highest BCUT2D eigenvalue weighted by molar-refractivity contribution is 9.10. The number of benzene rings is 2. The molecule has 7 heteroatoms. The summed E-state index contributed by atoms with van der Waals surface area (Å²) in [6.45, 7) is 3.95. The molecule has 0 fully saturated rings. The number of nitrogens with zero attached hydrogens (tertiary/aromatic N) is 3. The lowest BCUT2D eigenvalue weighted by molar-refractivity contribution is -0.120. The van der Waals surface area contributed by atoms with Gasteiger partial charge in [-0.25, -0.2) is 4.79 Å². The van der Waals surface area contributed by atoms with Crippen molar-refractivity contribution < 1.29 is 9.53 Å². The van der Waals surface area contributed by atoms with Crippen molar-refractivity contribution in [3.63, 3.8) is 0 Å². The Labute approximate surface area is 171 Å². The van der Waals surface area contributed by atoms with Crippen molar-refractivity contribution in [2.45, 2.75) is 26.8 Å². The first-order valence-corrected chi connectivity index (χ1v) is 9.80. The third kappa shape index (κ3) is 4.42. The van der Waals surface area contributed by atoms with E-state index in [2.05, 4.69) is 21.0 Å². The van der Waals surface area contributed by atoms with Crippen LogP contribution in [-0.4, -0.2) is 27.2 Å². The Balaban J connectivity index is 2.12. The van der Waals surface area contributed by atoms with Gasteiger partial charge in [0.15, 0.2) is 11.6 Å². The summed E-state index contributed by atoms with van der Waals surface area (Å²) in [5.41, 5.74) is 0.995. The molecule has 0 aliphatic heterocycles. The van der Waals surface area contributed by atoms with Crippen LogP contribution >= 0.6 is 15.9 Å². The summed E-state index contributed by atoms with van der Waals surface area (Å²) in [5, 5.41) is 4.53. The number of hydrogen-bond acceptors (Lipinski definition) is 4. The Morgan fingerprint density at radius 2 is 1.89 bits per heavy atom. The van der Waals surface area contributed by atoms with Gasteiger partial charge in [0.25, 0.3) is 0 Å². The number of aromatic nitrogens is 3. The summed E-state index contributed by atoms with van der Waals surface area (Å²) in [6.07, 6.45) is 0.410. The molecule has 0 N–H and O–H groups in total.